The van der Waals surface area contributed by atoms with Gasteiger partial charge < -0.3 is 10.4 Å². The summed E-state index contributed by atoms with van der Waals surface area (Å²) in [6, 6.07) is 3.73. The van der Waals surface area contributed by atoms with Crippen LogP contribution in [-0.4, -0.2) is 20.8 Å². The number of nitrogens with one attached hydrogen (secondary N) is 1. The molecule has 1 heterocycles. The molecule has 1 aromatic carbocycles. The second-order valence-corrected chi connectivity index (χ2v) is 5.85. The molecule has 1 aromatic heterocycles. The monoisotopic (exact) mass is 291 g/mol. The first kappa shape index (κ1) is 15.0. The molecule has 2 rings (SSSR count). The summed E-state index contributed by atoms with van der Waals surface area (Å²) >= 11 is 0. The molecule has 1 amide bonds. The third-order valence-corrected chi connectivity index (χ3v) is 2.94. The fourth-order valence-electron chi connectivity index (χ4n) is 1.81. The van der Waals surface area contributed by atoms with Crippen LogP contribution in [0.15, 0.2) is 30.6 Å². The Labute approximate surface area is 122 Å². The van der Waals surface area contributed by atoms with Crippen molar-refractivity contribution in [1.82, 2.24) is 9.78 Å². The fourth-order valence-corrected chi connectivity index (χ4v) is 1.81. The van der Waals surface area contributed by atoms with Gasteiger partial charge in [0, 0.05) is 12.3 Å². The van der Waals surface area contributed by atoms with Crippen LogP contribution in [0.2, 0.25) is 0 Å². The Bertz CT molecular complexity index is 659. The second-order valence-electron chi connectivity index (χ2n) is 5.85. The van der Waals surface area contributed by atoms with E-state index in [4.69, 9.17) is 5.11 Å². The minimum absolute atomic E-state index is 0.104. The zero-order valence-electron chi connectivity index (χ0n) is 12.2. The first-order chi connectivity index (χ1) is 9.75. The predicted octanol–water partition coefficient (Wildman–Crippen LogP) is 2.66. The van der Waals surface area contributed by atoms with E-state index in [0.717, 1.165) is 6.07 Å². The molecule has 0 aliphatic heterocycles. The summed E-state index contributed by atoms with van der Waals surface area (Å²) in [5.41, 5.74) is 0.620. The van der Waals surface area contributed by atoms with Gasteiger partial charge in [-0.1, -0.05) is 6.07 Å². The van der Waals surface area contributed by atoms with Gasteiger partial charge in [0.1, 0.15) is 11.6 Å². The number of phenols is 1. The fraction of sp³-hybridized carbons (Fsp3) is 0.333. The lowest BCUT2D eigenvalue weighted by Gasteiger charge is -2.18. The van der Waals surface area contributed by atoms with Crippen LogP contribution in [0.25, 0.3) is 0 Å². The van der Waals surface area contributed by atoms with Crippen LogP contribution in [0, 0.1) is 5.82 Å². The van der Waals surface area contributed by atoms with Gasteiger partial charge >= 0.3 is 0 Å². The molecular weight excluding hydrogens is 273 g/mol. The van der Waals surface area contributed by atoms with Gasteiger partial charge in [-0.15, -0.1) is 0 Å². The highest BCUT2D eigenvalue weighted by atomic mass is 19.1. The quantitative estimate of drug-likeness (QED) is 0.913. The summed E-state index contributed by atoms with van der Waals surface area (Å²) in [7, 11) is 0. The van der Waals surface area contributed by atoms with E-state index < -0.39 is 5.82 Å². The minimum Gasteiger partial charge on any atom is -0.508 e. The number of hydrogen-bond acceptors (Lipinski definition) is 3. The summed E-state index contributed by atoms with van der Waals surface area (Å²) in [6.07, 6.45) is 3.17. The summed E-state index contributed by atoms with van der Waals surface area (Å²) in [6.45, 7) is 5.99. The van der Waals surface area contributed by atoms with Crippen molar-refractivity contribution in [2.75, 3.05) is 5.32 Å². The first-order valence-electron chi connectivity index (χ1n) is 6.58. The van der Waals surface area contributed by atoms with Crippen molar-refractivity contribution in [2.24, 2.45) is 0 Å². The highest BCUT2D eigenvalue weighted by Gasteiger charge is 2.15. The number of halogens is 1. The first-order valence-corrected chi connectivity index (χ1v) is 6.58. The van der Waals surface area contributed by atoms with Gasteiger partial charge in [0.25, 0.3) is 0 Å². The van der Waals surface area contributed by atoms with E-state index in [9.17, 15) is 9.18 Å². The third kappa shape index (κ3) is 3.81. The van der Waals surface area contributed by atoms with Crippen LogP contribution in [0.5, 0.6) is 5.75 Å². The number of amides is 1. The molecule has 0 fully saturated rings. The highest BCUT2D eigenvalue weighted by Crippen LogP contribution is 2.18. The molecule has 0 aliphatic rings. The molecule has 0 saturated carbocycles. The topological polar surface area (TPSA) is 67.2 Å². The van der Waals surface area contributed by atoms with Gasteiger partial charge in [0.2, 0.25) is 5.91 Å². The molecule has 6 heteroatoms. The molecule has 2 aromatic rings. The van der Waals surface area contributed by atoms with Gasteiger partial charge in [0.15, 0.2) is 0 Å². The number of aromatic hydroxyl groups is 1. The maximum absolute atomic E-state index is 13.6. The zero-order chi connectivity index (χ0) is 15.6. The van der Waals surface area contributed by atoms with Gasteiger partial charge in [-0.3, -0.25) is 9.48 Å². The maximum Gasteiger partial charge on any atom is 0.228 e. The molecule has 0 radical (unpaired) electrons. The molecule has 0 spiro atoms. The van der Waals surface area contributed by atoms with Crippen LogP contribution < -0.4 is 5.32 Å². The van der Waals surface area contributed by atoms with E-state index in [-0.39, 0.29) is 29.2 Å². The summed E-state index contributed by atoms with van der Waals surface area (Å²) in [5, 5.41) is 16.0. The van der Waals surface area contributed by atoms with Gasteiger partial charge in [-0.25, -0.2) is 4.39 Å². The van der Waals surface area contributed by atoms with Crippen molar-refractivity contribution in [3.05, 3.63) is 42.0 Å². The normalized spacial score (nSPS) is 11.4. The Morgan fingerprint density at radius 3 is 2.71 bits per heavy atom. The van der Waals surface area contributed by atoms with Crippen LogP contribution in [-0.2, 0) is 16.8 Å². The largest absolute Gasteiger partial charge is 0.508 e. The molecule has 2 N–H and O–H groups in total. The van der Waals surface area contributed by atoms with Crippen molar-refractivity contribution in [1.29, 1.82) is 0 Å². The zero-order valence-corrected chi connectivity index (χ0v) is 12.2. The number of phenolic OH excluding ortho intramolecular Hbond substituents is 1. The van der Waals surface area contributed by atoms with Crippen LogP contribution in [0.3, 0.4) is 0 Å². The summed E-state index contributed by atoms with van der Waals surface area (Å²) < 4.78 is 15.3. The van der Waals surface area contributed by atoms with Crippen molar-refractivity contribution in [2.45, 2.75) is 32.7 Å². The number of aromatic nitrogens is 2. The van der Waals surface area contributed by atoms with E-state index in [1.54, 1.807) is 17.1 Å². The minimum atomic E-state index is -0.601. The van der Waals surface area contributed by atoms with Crippen molar-refractivity contribution < 1.29 is 14.3 Å². The number of anilines is 1. The Kier molecular flexibility index (Phi) is 3.97. The standard InChI is InChI=1S/C15H18FN3O2/c1-15(2,3)19-9-11(8-17-19)18-14(21)6-10-4-5-12(20)7-13(10)16/h4-5,7-9,20H,6H2,1-3H3,(H,18,21). The van der Waals surface area contributed by atoms with Gasteiger partial charge in [-0.05, 0) is 32.4 Å². The predicted molar refractivity (Wildman–Crippen MR) is 77.6 cm³/mol. The van der Waals surface area contributed by atoms with Gasteiger partial charge in [0.05, 0.1) is 23.8 Å². The van der Waals surface area contributed by atoms with E-state index in [2.05, 4.69) is 10.4 Å². The molecule has 21 heavy (non-hydrogen) atoms. The lowest BCUT2D eigenvalue weighted by atomic mass is 10.1. The number of benzene rings is 1. The van der Waals surface area contributed by atoms with E-state index in [0.29, 0.717) is 5.69 Å². The number of carbonyl (C=O) groups excluding carboxylic acids is 1. The van der Waals surface area contributed by atoms with Crippen LogP contribution in [0.4, 0.5) is 10.1 Å². The van der Waals surface area contributed by atoms with Crippen molar-refractivity contribution in [3.8, 4) is 5.75 Å². The average molecular weight is 291 g/mol. The Balaban J connectivity index is 2.03. The molecular formula is C15H18FN3O2. The molecule has 112 valence electrons. The lowest BCUT2D eigenvalue weighted by Crippen LogP contribution is -2.22. The van der Waals surface area contributed by atoms with E-state index >= 15 is 0 Å². The highest BCUT2D eigenvalue weighted by molar-refractivity contribution is 5.92. The Morgan fingerprint density at radius 1 is 1.43 bits per heavy atom. The lowest BCUT2D eigenvalue weighted by molar-refractivity contribution is -0.115. The second kappa shape index (κ2) is 5.55. The van der Waals surface area contributed by atoms with Crippen LogP contribution >= 0.6 is 0 Å². The van der Waals surface area contributed by atoms with E-state index in [1.165, 1.54) is 12.1 Å². The smallest absolute Gasteiger partial charge is 0.228 e. The van der Waals surface area contributed by atoms with Gasteiger partial charge in [-0.2, -0.15) is 5.10 Å². The Hall–Kier alpha value is -2.37. The maximum atomic E-state index is 13.6. The number of nitrogens with zero attached hydrogens (tertiary/aromatic N) is 2. The van der Waals surface area contributed by atoms with E-state index in [1.807, 2.05) is 20.8 Å². The van der Waals surface area contributed by atoms with Crippen molar-refractivity contribution >= 4 is 11.6 Å². The molecule has 0 bridgehead atoms. The molecule has 0 unspecified atom stereocenters. The number of carbonyl (C=O) groups is 1. The molecule has 0 aliphatic carbocycles. The summed E-state index contributed by atoms with van der Waals surface area (Å²) in [5.74, 6) is -1.10. The van der Waals surface area contributed by atoms with Crippen LogP contribution in [0.1, 0.15) is 26.3 Å². The number of rotatable bonds is 3. The SMILES string of the molecule is CC(C)(C)n1cc(NC(=O)Cc2ccc(O)cc2F)cn1. The van der Waals surface area contributed by atoms with Crippen molar-refractivity contribution in [3.63, 3.8) is 0 Å². The number of hydrogen-bond donors (Lipinski definition) is 2. The summed E-state index contributed by atoms with van der Waals surface area (Å²) in [4.78, 5) is 11.9. The Morgan fingerprint density at radius 2 is 2.14 bits per heavy atom. The molecule has 5 nitrogen and oxygen atoms in total. The third-order valence-electron chi connectivity index (χ3n) is 2.94. The average Bonchev–Trinajstić information content (AvgIpc) is 2.81. The molecule has 0 atom stereocenters. The molecule has 0 saturated heterocycles.